The number of piperazine rings is 1. The zero-order valence-corrected chi connectivity index (χ0v) is 16.3. The minimum Gasteiger partial charge on any atom is -0.444 e. The number of carbonyl (C=O) groups is 1. The van der Waals surface area contributed by atoms with Gasteiger partial charge in [0, 0.05) is 38.8 Å². The lowest BCUT2D eigenvalue weighted by Gasteiger charge is -2.36. The minimum absolute atomic E-state index is 0.237. The highest BCUT2D eigenvalue weighted by molar-refractivity contribution is 5.78. The molecule has 146 valence electrons. The van der Waals surface area contributed by atoms with E-state index in [1.807, 2.05) is 25.7 Å². The Morgan fingerprint density at radius 3 is 2.41 bits per heavy atom. The van der Waals surface area contributed by atoms with Crippen molar-refractivity contribution < 1.29 is 13.9 Å². The van der Waals surface area contributed by atoms with Crippen molar-refractivity contribution >= 4 is 22.9 Å². The van der Waals surface area contributed by atoms with Crippen molar-refractivity contribution in [2.75, 3.05) is 31.1 Å². The van der Waals surface area contributed by atoms with Crippen molar-refractivity contribution in [1.29, 1.82) is 0 Å². The molecule has 27 heavy (non-hydrogen) atoms. The number of fused-ring (bicyclic) bond motifs is 1. The fraction of sp³-hybridized carbons (Fsp3) is 0.526. The molecule has 0 radical (unpaired) electrons. The minimum atomic E-state index is -0.521. The summed E-state index contributed by atoms with van der Waals surface area (Å²) in [7, 11) is 0. The van der Waals surface area contributed by atoms with Crippen LogP contribution >= 0.6 is 0 Å². The molecule has 0 saturated carbocycles. The summed E-state index contributed by atoms with van der Waals surface area (Å²) in [6.07, 6.45) is -0.316. The summed E-state index contributed by atoms with van der Waals surface area (Å²) in [6.45, 7) is 9.67. The first-order valence-corrected chi connectivity index (χ1v) is 9.07. The van der Waals surface area contributed by atoms with Crippen LogP contribution in [0.1, 0.15) is 32.0 Å². The second-order valence-corrected chi connectivity index (χ2v) is 7.74. The summed E-state index contributed by atoms with van der Waals surface area (Å²) >= 11 is 0. The normalized spacial score (nSPS) is 15.3. The number of rotatable bonds is 2. The maximum Gasteiger partial charge on any atom is 0.410 e. The van der Waals surface area contributed by atoms with Crippen molar-refractivity contribution in [3.05, 3.63) is 29.2 Å². The molecular weight excluding hydrogens is 349 g/mol. The number of nitrogens with two attached hydrogens (primary N) is 1. The Hall–Kier alpha value is -2.48. The Morgan fingerprint density at radius 1 is 1.19 bits per heavy atom. The molecule has 0 spiro atoms. The molecule has 1 fully saturated rings. The zero-order valence-electron chi connectivity index (χ0n) is 16.3. The van der Waals surface area contributed by atoms with Gasteiger partial charge in [0.15, 0.2) is 5.82 Å². The van der Waals surface area contributed by atoms with Crippen molar-refractivity contribution in [2.24, 2.45) is 5.73 Å². The Morgan fingerprint density at radius 2 is 1.81 bits per heavy atom. The van der Waals surface area contributed by atoms with E-state index in [4.69, 9.17) is 10.5 Å². The summed E-state index contributed by atoms with van der Waals surface area (Å²) in [5, 5.41) is 0. The predicted molar refractivity (Wildman–Crippen MR) is 102 cm³/mol. The van der Waals surface area contributed by atoms with Gasteiger partial charge in [-0.1, -0.05) is 0 Å². The number of carbonyl (C=O) groups excluding carboxylic acids is 1. The maximum atomic E-state index is 13.9. The summed E-state index contributed by atoms with van der Waals surface area (Å²) < 4.78 is 19.3. The first-order chi connectivity index (χ1) is 12.7. The van der Waals surface area contributed by atoms with E-state index in [2.05, 4.69) is 9.97 Å². The second-order valence-electron chi connectivity index (χ2n) is 7.74. The number of nitrogens with zero attached hydrogens (tertiary/aromatic N) is 4. The van der Waals surface area contributed by atoms with Gasteiger partial charge in [0.2, 0.25) is 0 Å². The first-order valence-electron chi connectivity index (χ1n) is 9.07. The smallest absolute Gasteiger partial charge is 0.410 e. The van der Waals surface area contributed by atoms with Crippen LogP contribution < -0.4 is 10.6 Å². The molecule has 0 unspecified atom stereocenters. The third-order valence-electron chi connectivity index (χ3n) is 4.42. The van der Waals surface area contributed by atoms with Crippen LogP contribution in [0.25, 0.3) is 11.0 Å². The molecule has 0 aliphatic carbocycles. The van der Waals surface area contributed by atoms with E-state index in [9.17, 15) is 9.18 Å². The van der Waals surface area contributed by atoms with E-state index < -0.39 is 5.60 Å². The molecule has 1 amide bonds. The molecule has 7 nitrogen and oxygen atoms in total. The van der Waals surface area contributed by atoms with E-state index in [0.717, 1.165) is 0 Å². The number of aryl methyl sites for hydroxylation is 1. The van der Waals surface area contributed by atoms with E-state index in [1.165, 1.54) is 6.07 Å². The summed E-state index contributed by atoms with van der Waals surface area (Å²) in [5.74, 6) is 0.343. The summed E-state index contributed by atoms with van der Waals surface area (Å²) in [6, 6.07) is 3.08. The van der Waals surface area contributed by atoms with Crippen molar-refractivity contribution in [1.82, 2.24) is 14.9 Å². The third-order valence-corrected chi connectivity index (χ3v) is 4.42. The van der Waals surface area contributed by atoms with Gasteiger partial charge in [-0.3, -0.25) is 0 Å². The van der Waals surface area contributed by atoms with Gasteiger partial charge >= 0.3 is 6.09 Å². The number of ether oxygens (including phenoxy) is 1. The van der Waals surface area contributed by atoms with E-state index >= 15 is 0 Å². The fourth-order valence-electron chi connectivity index (χ4n) is 3.03. The van der Waals surface area contributed by atoms with Crippen LogP contribution in [-0.2, 0) is 11.3 Å². The quantitative estimate of drug-likeness (QED) is 0.869. The van der Waals surface area contributed by atoms with Crippen LogP contribution in [0.5, 0.6) is 0 Å². The molecule has 1 saturated heterocycles. The highest BCUT2D eigenvalue weighted by atomic mass is 19.1. The number of aromatic nitrogens is 2. The molecular formula is C19H26FN5O2. The van der Waals surface area contributed by atoms with Gasteiger partial charge in [-0.05, 0) is 39.3 Å². The van der Waals surface area contributed by atoms with E-state index in [1.54, 1.807) is 17.9 Å². The third kappa shape index (κ3) is 4.27. The standard InChI is InChI=1S/C19H26FN5O2/c1-12-9-14-15(10-13(12)20)23-17(16(11-21)22-14)24-5-7-25(8-6-24)18(26)27-19(2,3)4/h9-10H,5-8,11,21H2,1-4H3. The van der Waals surface area contributed by atoms with Crippen molar-refractivity contribution in [2.45, 2.75) is 39.8 Å². The van der Waals surface area contributed by atoms with Gasteiger partial charge in [0.05, 0.1) is 16.7 Å². The Labute approximate surface area is 158 Å². The molecule has 1 aliphatic heterocycles. The van der Waals surface area contributed by atoms with E-state index in [0.29, 0.717) is 54.3 Å². The molecule has 2 heterocycles. The number of halogens is 1. The lowest BCUT2D eigenvalue weighted by Crippen LogP contribution is -2.50. The number of benzene rings is 1. The SMILES string of the molecule is Cc1cc2nc(CN)c(N3CCN(C(=O)OC(C)(C)C)CC3)nc2cc1F. The average Bonchev–Trinajstić information content (AvgIpc) is 2.60. The summed E-state index contributed by atoms with van der Waals surface area (Å²) in [4.78, 5) is 25.1. The van der Waals surface area contributed by atoms with Gasteiger partial charge in [0.1, 0.15) is 11.4 Å². The highest BCUT2D eigenvalue weighted by Crippen LogP contribution is 2.24. The molecule has 0 atom stereocenters. The Balaban J connectivity index is 1.80. The lowest BCUT2D eigenvalue weighted by molar-refractivity contribution is 0.0240. The maximum absolute atomic E-state index is 13.9. The lowest BCUT2D eigenvalue weighted by atomic mass is 10.2. The molecule has 2 N–H and O–H groups in total. The van der Waals surface area contributed by atoms with Crippen LogP contribution in [-0.4, -0.2) is 52.7 Å². The van der Waals surface area contributed by atoms with Crippen molar-refractivity contribution in [3.8, 4) is 0 Å². The topological polar surface area (TPSA) is 84.6 Å². The molecule has 1 aromatic heterocycles. The number of amides is 1. The predicted octanol–water partition coefficient (Wildman–Crippen LogP) is 2.59. The van der Waals surface area contributed by atoms with Crippen LogP contribution in [0, 0.1) is 12.7 Å². The Bertz CT molecular complexity index is 857. The average molecular weight is 375 g/mol. The molecule has 1 aromatic carbocycles. The zero-order chi connectivity index (χ0) is 19.8. The van der Waals surface area contributed by atoms with Crippen LogP contribution in [0.2, 0.25) is 0 Å². The monoisotopic (exact) mass is 375 g/mol. The second kappa shape index (κ2) is 7.26. The number of hydrogen-bond donors (Lipinski definition) is 1. The van der Waals surface area contributed by atoms with Crippen LogP contribution in [0.3, 0.4) is 0 Å². The Kier molecular flexibility index (Phi) is 5.19. The van der Waals surface area contributed by atoms with E-state index in [-0.39, 0.29) is 18.5 Å². The highest BCUT2D eigenvalue weighted by Gasteiger charge is 2.27. The fourth-order valence-corrected chi connectivity index (χ4v) is 3.03. The molecule has 3 rings (SSSR count). The van der Waals surface area contributed by atoms with Crippen LogP contribution in [0.15, 0.2) is 12.1 Å². The van der Waals surface area contributed by atoms with Gasteiger partial charge in [-0.2, -0.15) is 0 Å². The molecule has 2 aromatic rings. The first kappa shape index (κ1) is 19.3. The van der Waals surface area contributed by atoms with Crippen molar-refractivity contribution in [3.63, 3.8) is 0 Å². The molecule has 1 aliphatic rings. The molecule has 8 heteroatoms. The van der Waals surface area contributed by atoms with Crippen LogP contribution in [0.4, 0.5) is 15.0 Å². The number of hydrogen-bond acceptors (Lipinski definition) is 6. The van der Waals surface area contributed by atoms with Gasteiger partial charge in [-0.25, -0.2) is 19.2 Å². The largest absolute Gasteiger partial charge is 0.444 e. The molecule has 0 bridgehead atoms. The van der Waals surface area contributed by atoms with Gasteiger partial charge in [-0.15, -0.1) is 0 Å². The number of anilines is 1. The van der Waals surface area contributed by atoms with Gasteiger partial charge < -0.3 is 20.3 Å². The van der Waals surface area contributed by atoms with Gasteiger partial charge in [0.25, 0.3) is 0 Å². The summed E-state index contributed by atoms with van der Waals surface area (Å²) in [5.41, 5.74) is 7.67.